The molecule has 2 atom stereocenters. The van der Waals surface area contributed by atoms with Crippen LogP contribution in [0.25, 0.3) is 11.0 Å². The number of rotatable bonds is 4. The molecule has 3 N–H and O–H groups in total. The third-order valence-electron chi connectivity index (χ3n) is 3.21. The highest BCUT2D eigenvalue weighted by molar-refractivity contribution is 6.34. The average molecular weight is 253 g/mol. The molecule has 2 rings (SSSR count). The first kappa shape index (κ1) is 12.4. The molecule has 2 aromatic rings. The Morgan fingerprint density at radius 2 is 2.24 bits per heavy atom. The maximum absolute atomic E-state index is 6.09. The number of hydrogen-bond donors (Lipinski definition) is 2. The zero-order chi connectivity index (χ0) is 12.4. The fourth-order valence-electron chi connectivity index (χ4n) is 1.96. The summed E-state index contributed by atoms with van der Waals surface area (Å²) in [7, 11) is 0. The topological polar surface area (TPSA) is 51.2 Å². The van der Waals surface area contributed by atoms with E-state index in [9.17, 15) is 0 Å². The van der Waals surface area contributed by atoms with Crippen LogP contribution in [0.5, 0.6) is 0 Å². The van der Waals surface area contributed by atoms with E-state index < -0.39 is 0 Å². The number of hydrogen-bond acceptors (Lipinski definition) is 3. The van der Waals surface area contributed by atoms with E-state index >= 15 is 0 Å². The largest absolute Gasteiger partial charge is 0.458 e. The van der Waals surface area contributed by atoms with Gasteiger partial charge in [-0.3, -0.25) is 5.84 Å². The summed E-state index contributed by atoms with van der Waals surface area (Å²) in [6, 6.07) is 7.74. The maximum Gasteiger partial charge on any atom is 0.152 e. The molecule has 0 spiro atoms. The Morgan fingerprint density at radius 1 is 1.47 bits per heavy atom. The van der Waals surface area contributed by atoms with Gasteiger partial charge in [-0.15, -0.1) is 0 Å². The highest BCUT2D eigenvalue weighted by Gasteiger charge is 2.21. The molecule has 0 fully saturated rings. The minimum Gasteiger partial charge on any atom is -0.458 e. The average Bonchev–Trinajstić information content (AvgIpc) is 2.75. The first-order chi connectivity index (χ1) is 8.17. The summed E-state index contributed by atoms with van der Waals surface area (Å²) in [5.74, 6) is 6.84. The molecule has 0 saturated carbocycles. The van der Waals surface area contributed by atoms with Crippen molar-refractivity contribution in [1.82, 2.24) is 5.43 Å². The summed E-state index contributed by atoms with van der Waals surface area (Å²) in [6.07, 6.45) is 1.03. The molecule has 3 nitrogen and oxygen atoms in total. The lowest BCUT2D eigenvalue weighted by Crippen LogP contribution is -2.32. The summed E-state index contributed by atoms with van der Waals surface area (Å²) in [6.45, 7) is 4.27. The van der Waals surface area contributed by atoms with E-state index in [4.69, 9.17) is 21.9 Å². The molecule has 0 aliphatic rings. The highest BCUT2D eigenvalue weighted by atomic mass is 35.5. The third kappa shape index (κ3) is 2.32. The number of nitrogens with two attached hydrogens (primary N) is 1. The predicted octanol–water partition coefficient (Wildman–Crippen LogP) is 3.64. The molecule has 0 radical (unpaired) electrons. The monoisotopic (exact) mass is 252 g/mol. The Hall–Kier alpha value is -1.03. The number of hydrazine groups is 1. The van der Waals surface area contributed by atoms with Crippen molar-refractivity contribution in [3.8, 4) is 0 Å². The van der Waals surface area contributed by atoms with Crippen molar-refractivity contribution in [2.24, 2.45) is 11.8 Å². The second kappa shape index (κ2) is 5.08. The van der Waals surface area contributed by atoms with E-state index in [2.05, 4.69) is 19.3 Å². The fraction of sp³-hybridized carbons (Fsp3) is 0.385. The lowest BCUT2D eigenvalue weighted by atomic mass is 9.97. The molecule has 4 heteroatoms. The molecule has 0 aliphatic carbocycles. The van der Waals surface area contributed by atoms with E-state index in [1.807, 2.05) is 24.3 Å². The van der Waals surface area contributed by atoms with Gasteiger partial charge in [-0.25, -0.2) is 5.43 Å². The van der Waals surface area contributed by atoms with Gasteiger partial charge in [-0.05, 0) is 18.1 Å². The first-order valence-electron chi connectivity index (χ1n) is 5.81. The quantitative estimate of drug-likeness (QED) is 0.645. The van der Waals surface area contributed by atoms with Gasteiger partial charge in [0.1, 0.15) is 5.76 Å². The molecule has 1 aromatic carbocycles. The lowest BCUT2D eigenvalue weighted by Gasteiger charge is -2.19. The predicted molar refractivity (Wildman–Crippen MR) is 70.7 cm³/mol. The maximum atomic E-state index is 6.09. The van der Waals surface area contributed by atoms with Crippen LogP contribution in [0.4, 0.5) is 0 Å². The van der Waals surface area contributed by atoms with Crippen molar-refractivity contribution >= 4 is 22.6 Å². The van der Waals surface area contributed by atoms with E-state index in [1.54, 1.807) is 0 Å². The van der Waals surface area contributed by atoms with Gasteiger partial charge in [0.05, 0.1) is 11.1 Å². The number of furan rings is 1. The Balaban J connectivity index is 2.44. The van der Waals surface area contributed by atoms with E-state index in [0.29, 0.717) is 10.9 Å². The summed E-state index contributed by atoms with van der Waals surface area (Å²) in [5.41, 5.74) is 3.54. The van der Waals surface area contributed by atoms with Crippen LogP contribution in [-0.4, -0.2) is 0 Å². The normalized spacial score (nSPS) is 15.1. The number of fused-ring (bicyclic) bond motifs is 1. The van der Waals surface area contributed by atoms with Crippen LogP contribution in [0.3, 0.4) is 0 Å². The number of para-hydroxylation sites is 1. The van der Waals surface area contributed by atoms with Gasteiger partial charge in [0.15, 0.2) is 5.58 Å². The molecule has 92 valence electrons. The smallest absolute Gasteiger partial charge is 0.152 e. The van der Waals surface area contributed by atoms with Gasteiger partial charge in [-0.1, -0.05) is 44.0 Å². The highest BCUT2D eigenvalue weighted by Crippen LogP contribution is 2.32. The minimum absolute atomic E-state index is 0.0171. The van der Waals surface area contributed by atoms with Gasteiger partial charge in [0.2, 0.25) is 0 Å². The summed E-state index contributed by atoms with van der Waals surface area (Å²) >= 11 is 6.09. The van der Waals surface area contributed by atoms with Crippen LogP contribution in [0.1, 0.15) is 32.1 Å². The molecule has 0 bridgehead atoms. The zero-order valence-corrected chi connectivity index (χ0v) is 10.8. The van der Waals surface area contributed by atoms with E-state index in [0.717, 1.165) is 23.2 Å². The molecule has 0 saturated heterocycles. The van der Waals surface area contributed by atoms with Crippen LogP contribution in [0.2, 0.25) is 5.02 Å². The van der Waals surface area contributed by atoms with Crippen molar-refractivity contribution < 1.29 is 4.42 Å². The second-order valence-corrected chi connectivity index (χ2v) is 4.74. The van der Waals surface area contributed by atoms with Crippen LogP contribution in [0.15, 0.2) is 28.7 Å². The molecular formula is C13H17ClN2O. The van der Waals surface area contributed by atoms with Gasteiger partial charge >= 0.3 is 0 Å². The standard InChI is InChI=1S/C13H17ClN2O/c1-3-8(2)12(16-15)11-7-9-5-4-6-10(14)13(9)17-11/h4-8,12,16H,3,15H2,1-2H3. The first-order valence-corrected chi connectivity index (χ1v) is 6.19. The molecule has 17 heavy (non-hydrogen) atoms. The Kier molecular flexibility index (Phi) is 3.72. The van der Waals surface area contributed by atoms with Crippen molar-refractivity contribution in [2.45, 2.75) is 26.3 Å². The van der Waals surface area contributed by atoms with Crippen molar-refractivity contribution in [1.29, 1.82) is 0 Å². The summed E-state index contributed by atoms with van der Waals surface area (Å²) in [5, 5.41) is 1.64. The van der Waals surface area contributed by atoms with Gasteiger partial charge < -0.3 is 4.42 Å². The molecule has 0 aliphatic heterocycles. The Labute approximate surface area is 106 Å². The molecule has 2 unspecified atom stereocenters. The van der Waals surface area contributed by atoms with Crippen molar-refractivity contribution in [2.75, 3.05) is 0 Å². The van der Waals surface area contributed by atoms with Gasteiger partial charge in [-0.2, -0.15) is 0 Å². The van der Waals surface area contributed by atoms with E-state index in [-0.39, 0.29) is 6.04 Å². The van der Waals surface area contributed by atoms with Gasteiger partial charge in [0.25, 0.3) is 0 Å². The van der Waals surface area contributed by atoms with Crippen LogP contribution in [-0.2, 0) is 0 Å². The van der Waals surface area contributed by atoms with Crippen molar-refractivity contribution in [3.05, 3.63) is 35.0 Å². The second-order valence-electron chi connectivity index (χ2n) is 4.34. The third-order valence-corrected chi connectivity index (χ3v) is 3.51. The van der Waals surface area contributed by atoms with Crippen LogP contribution >= 0.6 is 11.6 Å². The van der Waals surface area contributed by atoms with E-state index in [1.165, 1.54) is 0 Å². The number of benzene rings is 1. The number of nitrogens with one attached hydrogen (secondary N) is 1. The van der Waals surface area contributed by atoms with Crippen LogP contribution < -0.4 is 11.3 Å². The molecule has 1 heterocycles. The Morgan fingerprint density at radius 3 is 2.82 bits per heavy atom. The summed E-state index contributed by atoms with van der Waals surface area (Å²) in [4.78, 5) is 0. The Bertz CT molecular complexity index is 509. The molecular weight excluding hydrogens is 236 g/mol. The lowest BCUT2D eigenvalue weighted by molar-refractivity contribution is 0.330. The van der Waals surface area contributed by atoms with Crippen LogP contribution in [0, 0.1) is 5.92 Å². The minimum atomic E-state index is 0.0171. The number of halogens is 1. The molecule has 0 amide bonds. The summed E-state index contributed by atoms with van der Waals surface area (Å²) < 4.78 is 5.80. The van der Waals surface area contributed by atoms with Crippen molar-refractivity contribution in [3.63, 3.8) is 0 Å². The molecule has 1 aromatic heterocycles. The zero-order valence-electron chi connectivity index (χ0n) is 10.0. The SMILES string of the molecule is CCC(C)C(NN)c1cc2cccc(Cl)c2o1. The fourth-order valence-corrected chi connectivity index (χ4v) is 2.18. The van der Waals surface area contributed by atoms with Gasteiger partial charge in [0, 0.05) is 5.39 Å².